The zero-order valence-corrected chi connectivity index (χ0v) is 17.1. The molecule has 28 heavy (non-hydrogen) atoms. The molecule has 0 atom stereocenters. The number of benzene rings is 1. The van der Waals surface area contributed by atoms with E-state index in [9.17, 15) is 9.59 Å². The zero-order valence-electron chi connectivity index (χ0n) is 17.1. The van der Waals surface area contributed by atoms with Crippen LogP contribution in [0, 0.1) is 0 Å². The minimum absolute atomic E-state index is 0.339. The van der Waals surface area contributed by atoms with Crippen LogP contribution in [-0.4, -0.2) is 66.9 Å². The van der Waals surface area contributed by atoms with E-state index in [1.165, 1.54) is 5.56 Å². The maximum absolute atomic E-state index is 12.4. The number of amides is 2. The lowest BCUT2D eigenvalue weighted by Crippen LogP contribution is -2.52. The molecule has 0 aromatic heterocycles. The Labute approximate surface area is 167 Å². The van der Waals surface area contributed by atoms with Crippen molar-refractivity contribution in [2.75, 3.05) is 39.3 Å². The van der Waals surface area contributed by atoms with Gasteiger partial charge in [-0.3, -0.25) is 0 Å². The molecule has 2 amide bonds. The van der Waals surface area contributed by atoms with Gasteiger partial charge in [0, 0.05) is 26.2 Å². The molecule has 7 nitrogen and oxygen atoms in total. The first-order valence-electron chi connectivity index (χ1n) is 10.1. The smallest absolute Gasteiger partial charge is 0.415 e. The Kier molecular flexibility index (Phi) is 6.44. The summed E-state index contributed by atoms with van der Waals surface area (Å²) in [7, 11) is 0. The van der Waals surface area contributed by atoms with Gasteiger partial charge in [0.05, 0.1) is 0 Å². The number of hydrogen-bond acceptors (Lipinski definition) is 5. The van der Waals surface area contributed by atoms with Crippen molar-refractivity contribution in [3.05, 3.63) is 29.8 Å². The highest BCUT2D eigenvalue weighted by molar-refractivity contribution is 5.72. The van der Waals surface area contributed by atoms with Crippen molar-refractivity contribution >= 4 is 12.2 Å². The van der Waals surface area contributed by atoms with Crippen molar-refractivity contribution in [1.82, 2.24) is 15.1 Å². The molecule has 3 rings (SSSR count). The zero-order chi connectivity index (χ0) is 20.1. The van der Waals surface area contributed by atoms with Crippen molar-refractivity contribution in [2.24, 2.45) is 0 Å². The lowest BCUT2D eigenvalue weighted by molar-refractivity contribution is 0.0154. The topological polar surface area (TPSA) is 71.1 Å². The van der Waals surface area contributed by atoms with E-state index >= 15 is 0 Å². The Morgan fingerprint density at radius 2 is 1.46 bits per heavy atom. The van der Waals surface area contributed by atoms with Gasteiger partial charge in [-0.15, -0.1) is 0 Å². The summed E-state index contributed by atoms with van der Waals surface area (Å²) in [5, 5.41) is 3.37. The molecule has 0 saturated carbocycles. The molecular weight excluding hydrogens is 358 g/mol. The van der Waals surface area contributed by atoms with Crippen molar-refractivity contribution < 1.29 is 19.1 Å². The third-order valence-electron chi connectivity index (χ3n) is 5.09. The fourth-order valence-corrected chi connectivity index (χ4v) is 3.53. The van der Waals surface area contributed by atoms with Gasteiger partial charge in [0.25, 0.3) is 0 Å². The quantitative estimate of drug-likeness (QED) is 0.841. The van der Waals surface area contributed by atoms with Gasteiger partial charge in [-0.1, -0.05) is 12.1 Å². The number of carbonyl (C=O) groups is 2. The Bertz CT molecular complexity index is 670. The van der Waals surface area contributed by atoms with Crippen LogP contribution in [0.3, 0.4) is 0 Å². The first-order chi connectivity index (χ1) is 13.3. The molecule has 2 aliphatic rings. The molecule has 0 bridgehead atoms. The third kappa shape index (κ3) is 5.61. The summed E-state index contributed by atoms with van der Waals surface area (Å²) in [6.07, 6.45) is 1.56. The molecule has 1 aromatic carbocycles. The van der Waals surface area contributed by atoms with Crippen molar-refractivity contribution in [3.63, 3.8) is 0 Å². The maximum atomic E-state index is 12.4. The second-order valence-corrected chi connectivity index (χ2v) is 8.42. The number of carbonyl (C=O) groups excluding carboxylic acids is 2. The maximum Gasteiger partial charge on any atom is 0.415 e. The molecule has 2 saturated heterocycles. The van der Waals surface area contributed by atoms with Gasteiger partial charge in [0.2, 0.25) is 0 Å². The van der Waals surface area contributed by atoms with E-state index in [4.69, 9.17) is 9.47 Å². The van der Waals surface area contributed by atoms with Crippen molar-refractivity contribution in [1.29, 1.82) is 0 Å². The van der Waals surface area contributed by atoms with E-state index in [2.05, 4.69) is 17.4 Å². The van der Waals surface area contributed by atoms with Crippen LogP contribution in [0.15, 0.2) is 24.3 Å². The van der Waals surface area contributed by atoms with Crippen molar-refractivity contribution in [3.8, 4) is 5.75 Å². The third-order valence-corrected chi connectivity index (χ3v) is 5.09. The van der Waals surface area contributed by atoms with Gasteiger partial charge in [-0.25, -0.2) is 9.59 Å². The van der Waals surface area contributed by atoms with Crippen LogP contribution in [0.25, 0.3) is 0 Å². The average Bonchev–Trinajstić information content (AvgIpc) is 2.68. The van der Waals surface area contributed by atoms with Gasteiger partial charge < -0.3 is 24.6 Å². The van der Waals surface area contributed by atoms with Gasteiger partial charge >= 0.3 is 12.2 Å². The molecule has 2 aliphatic heterocycles. The fraction of sp³-hybridized carbons (Fsp3) is 0.619. The van der Waals surface area contributed by atoms with E-state index < -0.39 is 5.60 Å². The monoisotopic (exact) mass is 389 g/mol. The molecule has 0 radical (unpaired) electrons. The van der Waals surface area contributed by atoms with Gasteiger partial charge in [-0.05, 0) is 70.3 Å². The summed E-state index contributed by atoms with van der Waals surface area (Å²) in [5.41, 5.74) is 0.778. The molecule has 154 valence electrons. The van der Waals surface area contributed by atoms with Crippen LogP contribution in [0.1, 0.15) is 45.1 Å². The number of piperazine rings is 1. The van der Waals surface area contributed by atoms with Crippen LogP contribution in [0.4, 0.5) is 9.59 Å². The molecule has 1 aromatic rings. The van der Waals surface area contributed by atoms with Gasteiger partial charge in [0.15, 0.2) is 0 Å². The lowest BCUT2D eigenvalue weighted by atomic mass is 9.90. The summed E-state index contributed by atoms with van der Waals surface area (Å²) >= 11 is 0. The minimum atomic E-state index is -0.520. The molecule has 1 N–H and O–H groups in total. The second kappa shape index (κ2) is 8.82. The molecule has 0 aliphatic carbocycles. The van der Waals surface area contributed by atoms with Crippen LogP contribution < -0.4 is 10.1 Å². The first kappa shape index (κ1) is 20.5. The van der Waals surface area contributed by atoms with E-state index in [1.807, 2.05) is 32.9 Å². The molecule has 0 unspecified atom stereocenters. The number of piperidine rings is 1. The van der Waals surface area contributed by atoms with E-state index in [0.717, 1.165) is 25.9 Å². The van der Waals surface area contributed by atoms with Gasteiger partial charge in [-0.2, -0.15) is 0 Å². The largest absolute Gasteiger partial charge is 0.444 e. The van der Waals surface area contributed by atoms with E-state index in [1.54, 1.807) is 9.80 Å². The van der Waals surface area contributed by atoms with Crippen LogP contribution in [-0.2, 0) is 4.74 Å². The lowest BCUT2D eigenvalue weighted by Gasteiger charge is -2.35. The molecule has 2 heterocycles. The summed E-state index contributed by atoms with van der Waals surface area (Å²) in [6, 6.07) is 7.84. The van der Waals surface area contributed by atoms with Crippen LogP contribution >= 0.6 is 0 Å². The Morgan fingerprint density at radius 1 is 0.929 bits per heavy atom. The number of nitrogens with one attached hydrogen (secondary N) is 1. The van der Waals surface area contributed by atoms with Gasteiger partial charge in [0.1, 0.15) is 11.4 Å². The molecular formula is C21H31N3O4. The minimum Gasteiger partial charge on any atom is -0.444 e. The fourth-order valence-electron chi connectivity index (χ4n) is 3.53. The average molecular weight is 389 g/mol. The van der Waals surface area contributed by atoms with Crippen LogP contribution in [0.2, 0.25) is 0 Å². The summed E-state index contributed by atoms with van der Waals surface area (Å²) in [4.78, 5) is 27.8. The summed E-state index contributed by atoms with van der Waals surface area (Å²) in [5.74, 6) is 1.13. The molecule has 0 spiro atoms. The number of nitrogens with zero attached hydrogens (tertiary/aromatic N) is 2. The Balaban J connectivity index is 1.47. The number of rotatable bonds is 2. The summed E-state index contributed by atoms with van der Waals surface area (Å²) < 4.78 is 10.9. The number of ether oxygens (including phenoxy) is 2. The standard InChI is InChI=1S/C21H31N3O4/c1-21(2,3)28-20(26)24-14-12-23(13-15-24)19(25)27-18-6-4-16(5-7-18)17-8-10-22-11-9-17/h4-7,17,22H,8-15H2,1-3H3. The van der Waals surface area contributed by atoms with E-state index in [-0.39, 0.29) is 12.2 Å². The highest BCUT2D eigenvalue weighted by Crippen LogP contribution is 2.27. The molecule has 7 heteroatoms. The molecule has 2 fully saturated rings. The number of hydrogen-bond donors (Lipinski definition) is 1. The summed E-state index contributed by atoms with van der Waals surface area (Å²) in [6.45, 7) is 9.39. The highest BCUT2D eigenvalue weighted by atomic mass is 16.6. The normalized spacial score (nSPS) is 18.7. The first-order valence-corrected chi connectivity index (χ1v) is 10.1. The SMILES string of the molecule is CC(C)(C)OC(=O)N1CCN(C(=O)Oc2ccc(C3CCNCC3)cc2)CC1. The predicted molar refractivity (Wildman–Crippen MR) is 107 cm³/mol. The Morgan fingerprint density at radius 3 is 2.00 bits per heavy atom. The Hall–Kier alpha value is -2.28. The van der Waals surface area contributed by atoms with Crippen LogP contribution in [0.5, 0.6) is 5.75 Å². The predicted octanol–water partition coefficient (Wildman–Crippen LogP) is 3.21. The highest BCUT2D eigenvalue weighted by Gasteiger charge is 2.28. The van der Waals surface area contributed by atoms with E-state index in [0.29, 0.717) is 37.8 Å². The second-order valence-electron chi connectivity index (χ2n) is 8.42. The van der Waals surface area contributed by atoms with Crippen molar-refractivity contribution in [2.45, 2.75) is 45.1 Å².